The van der Waals surface area contributed by atoms with E-state index in [1.807, 2.05) is 25.1 Å². The van der Waals surface area contributed by atoms with Crippen molar-refractivity contribution in [1.82, 2.24) is 5.32 Å². The minimum Gasteiger partial charge on any atom is -0.349 e. The van der Waals surface area contributed by atoms with Crippen molar-refractivity contribution in [3.8, 4) is 0 Å². The first-order chi connectivity index (χ1) is 11.4. The van der Waals surface area contributed by atoms with Crippen LogP contribution in [0.15, 0.2) is 53.4 Å². The van der Waals surface area contributed by atoms with Gasteiger partial charge in [0.25, 0.3) is 5.69 Å². The average Bonchev–Trinajstić information content (AvgIpc) is 2.55. The molecule has 0 aliphatic rings. The Hall–Kier alpha value is -2.05. The van der Waals surface area contributed by atoms with Crippen molar-refractivity contribution in [1.29, 1.82) is 0 Å². The second-order valence-corrected chi connectivity index (χ2v) is 7.15. The Labute approximate surface area is 149 Å². The molecular formula is C17H17ClN2O3S. The van der Waals surface area contributed by atoms with Gasteiger partial charge in [-0.15, -0.1) is 11.8 Å². The lowest BCUT2D eigenvalue weighted by molar-refractivity contribution is -0.384. The number of nitrogens with one attached hydrogen (secondary N) is 1. The lowest BCUT2D eigenvalue weighted by Gasteiger charge is -2.18. The molecular weight excluding hydrogens is 348 g/mol. The summed E-state index contributed by atoms with van der Waals surface area (Å²) in [5.41, 5.74) is 0.967. The summed E-state index contributed by atoms with van der Waals surface area (Å²) >= 11 is 7.32. The van der Waals surface area contributed by atoms with E-state index in [2.05, 4.69) is 5.32 Å². The SMILES string of the molecule is CC(Sc1ccc([N+](=O)[O-])cc1)C(=O)NC(C)c1cccc(Cl)c1. The second-order valence-electron chi connectivity index (χ2n) is 5.30. The third kappa shape index (κ3) is 4.97. The third-order valence-electron chi connectivity index (χ3n) is 3.44. The van der Waals surface area contributed by atoms with Crippen molar-refractivity contribution in [2.75, 3.05) is 0 Å². The van der Waals surface area contributed by atoms with Crippen molar-refractivity contribution in [2.45, 2.75) is 30.0 Å². The molecule has 126 valence electrons. The van der Waals surface area contributed by atoms with Gasteiger partial charge in [0, 0.05) is 22.1 Å². The molecule has 0 aliphatic heterocycles. The summed E-state index contributed by atoms with van der Waals surface area (Å²) < 4.78 is 0. The summed E-state index contributed by atoms with van der Waals surface area (Å²) in [5.74, 6) is -0.106. The van der Waals surface area contributed by atoms with Gasteiger partial charge in [-0.2, -0.15) is 0 Å². The number of non-ortho nitro benzene ring substituents is 1. The van der Waals surface area contributed by atoms with E-state index in [4.69, 9.17) is 11.6 Å². The molecule has 2 rings (SSSR count). The molecule has 0 heterocycles. The smallest absolute Gasteiger partial charge is 0.269 e. The Kier molecular flexibility index (Phi) is 6.23. The van der Waals surface area contributed by atoms with E-state index < -0.39 is 4.92 Å². The van der Waals surface area contributed by atoms with Crippen molar-refractivity contribution in [3.63, 3.8) is 0 Å². The van der Waals surface area contributed by atoms with Crippen LogP contribution in [0.5, 0.6) is 0 Å². The highest BCUT2D eigenvalue weighted by atomic mass is 35.5. The molecule has 2 aromatic carbocycles. The maximum atomic E-state index is 12.3. The first-order valence-corrected chi connectivity index (χ1v) is 8.59. The molecule has 0 saturated carbocycles. The van der Waals surface area contributed by atoms with Crippen LogP contribution >= 0.6 is 23.4 Å². The van der Waals surface area contributed by atoms with Gasteiger partial charge in [0.05, 0.1) is 16.2 Å². The Morgan fingerprint density at radius 3 is 2.46 bits per heavy atom. The molecule has 1 N–H and O–H groups in total. The molecule has 2 atom stereocenters. The number of halogens is 1. The predicted molar refractivity (Wildman–Crippen MR) is 96.4 cm³/mol. The minimum atomic E-state index is -0.447. The van der Waals surface area contributed by atoms with Gasteiger partial charge in [0.2, 0.25) is 5.91 Å². The average molecular weight is 365 g/mol. The predicted octanol–water partition coefficient (Wildman–Crippen LogP) is 4.61. The van der Waals surface area contributed by atoms with Gasteiger partial charge in [0.15, 0.2) is 0 Å². The van der Waals surface area contributed by atoms with E-state index in [0.29, 0.717) is 5.02 Å². The van der Waals surface area contributed by atoms with Gasteiger partial charge in [0.1, 0.15) is 0 Å². The van der Waals surface area contributed by atoms with Crippen LogP contribution in [-0.2, 0) is 4.79 Å². The fraction of sp³-hybridized carbons (Fsp3) is 0.235. The molecule has 2 unspecified atom stereocenters. The monoisotopic (exact) mass is 364 g/mol. The summed E-state index contributed by atoms with van der Waals surface area (Å²) in [7, 11) is 0. The first kappa shape index (κ1) is 18.3. The maximum absolute atomic E-state index is 12.3. The van der Waals surface area contributed by atoms with E-state index in [1.165, 1.54) is 23.9 Å². The van der Waals surface area contributed by atoms with Gasteiger partial charge < -0.3 is 5.32 Å². The van der Waals surface area contributed by atoms with E-state index in [1.54, 1.807) is 25.1 Å². The summed E-state index contributed by atoms with van der Waals surface area (Å²) in [6, 6.07) is 13.4. The lowest BCUT2D eigenvalue weighted by atomic mass is 10.1. The van der Waals surface area contributed by atoms with Gasteiger partial charge >= 0.3 is 0 Å². The number of hydrogen-bond acceptors (Lipinski definition) is 4. The van der Waals surface area contributed by atoms with Gasteiger partial charge in [-0.3, -0.25) is 14.9 Å². The standard InChI is InChI=1S/C17H17ClN2O3S/c1-11(13-4-3-5-14(18)10-13)19-17(21)12(2)24-16-8-6-15(7-9-16)20(22)23/h3-12H,1-2H3,(H,19,21). The summed E-state index contributed by atoms with van der Waals surface area (Å²) in [6.45, 7) is 3.69. The largest absolute Gasteiger partial charge is 0.349 e. The molecule has 7 heteroatoms. The zero-order valence-electron chi connectivity index (χ0n) is 13.2. The number of carbonyl (C=O) groups is 1. The molecule has 0 bridgehead atoms. The van der Waals surface area contributed by atoms with Crippen molar-refractivity contribution < 1.29 is 9.72 Å². The van der Waals surface area contributed by atoms with E-state index in [-0.39, 0.29) is 22.9 Å². The number of rotatable bonds is 6. The van der Waals surface area contributed by atoms with Crippen LogP contribution in [0.2, 0.25) is 5.02 Å². The molecule has 0 aliphatic carbocycles. The van der Waals surface area contributed by atoms with E-state index in [0.717, 1.165) is 10.5 Å². The molecule has 0 aromatic heterocycles. The number of benzene rings is 2. The Morgan fingerprint density at radius 2 is 1.88 bits per heavy atom. The Bertz CT molecular complexity index is 737. The van der Waals surface area contributed by atoms with Crippen molar-refractivity contribution in [2.24, 2.45) is 0 Å². The molecule has 2 aromatic rings. The van der Waals surface area contributed by atoms with Crippen LogP contribution in [0.3, 0.4) is 0 Å². The number of amides is 1. The van der Waals surface area contributed by atoms with Gasteiger partial charge in [-0.1, -0.05) is 23.7 Å². The van der Waals surface area contributed by atoms with E-state index in [9.17, 15) is 14.9 Å². The van der Waals surface area contributed by atoms with Crippen LogP contribution in [0.25, 0.3) is 0 Å². The normalized spacial score (nSPS) is 13.1. The summed E-state index contributed by atoms with van der Waals surface area (Å²) in [4.78, 5) is 23.3. The van der Waals surface area contributed by atoms with Gasteiger partial charge in [-0.05, 0) is 43.7 Å². The number of carbonyl (C=O) groups excluding carboxylic acids is 1. The molecule has 0 fully saturated rings. The highest BCUT2D eigenvalue weighted by Crippen LogP contribution is 2.26. The van der Waals surface area contributed by atoms with Crippen LogP contribution in [0, 0.1) is 10.1 Å². The highest BCUT2D eigenvalue weighted by molar-refractivity contribution is 8.00. The molecule has 0 saturated heterocycles. The molecule has 5 nitrogen and oxygen atoms in total. The Balaban J connectivity index is 1.95. The van der Waals surface area contributed by atoms with Crippen LogP contribution in [0.4, 0.5) is 5.69 Å². The zero-order valence-corrected chi connectivity index (χ0v) is 14.8. The first-order valence-electron chi connectivity index (χ1n) is 7.34. The Morgan fingerprint density at radius 1 is 1.21 bits per heavy atom. The second kappa shape index (κ2) is 8.17. The van der Waals surface area contributed by atoms with Crippen LogP contribution in [0.1, 0.15) is 25.5 Å². The number of nitro benzene ring substituents is 1. The van der Waals surface area contributed by atoms with Crippen LogP contribution < -0.4 is 5.32 Å². The molecule has 0 radical (unpaired) electrons. The van der Waals surface area contributed by atoms with E-state index >= 15 is 0 Å². The maximum Gasteiger partial charge on any atom is 0.269 e. The number of nitrogens with zero attached hydrogens (tertiary/aromatic N) is 1. The van der Waals surface area contributed by atoms with Crippen molar-refractivity contribution >= 4 is 35.0 Å². The highest BCUT2D eigenvalue weighted by Gasteiger charge is 2.18. The van der Waals surface area contributed by atoms with Crippen LogP contribution in [-0.4, -0.2) is 16.1 Å². The number of nitro groups is 1. The lowest BCUT2D eigenvalue weighted by Crippen LogP contribution is -2.33. The molecule has 0 spiro atoms. The number of thioether (sulfide) groups is 1. The topological polar surface area (TPSA) is 72.2 Å². The number of hydrogen-bond donors (Lipinski definition) is 1. The fourth-order valence-electron chi connectivity index (χ4n) is 2.09. The minimum absolute atomic E-state index is 0.0334. The van der Waals surface area contributed by atoms with Crippen molar-refractivity contribution in [3.05, 3.63) is 69.2 Å². The third-order valence-corrected chi connectivity index (χ3v) is 4.78. The summed E-state index contributed by atoms with van der Waals surface area (Å²) in [6.07, 6.45) is 0. The van der Waals surface area contributed by atoms with Gasteiger partial charge in [-0.25, -0.2) is 0 Å². The zero-order chi connectivity index (χ0) is 17.7. The quantitative estimate of drug-likeness (QED) is 0.461. The summed E-state index contributed by atoms with van der Waals surface area (Å²) in [5, 5.41) is 13.9. The molecule has 24 heavy (non-hydrogen) atoms. The molecule has 1 amide bonds. The fourth-order valence-corrected chi connectivity index (χ4v) is 3.17.